The summed E-state index contributed by atoms with van der Waals surface area (Å²) in [6, 6.07) is 7.91. The van der Waals surface area contributed by atoms with Crippen LogP contribution in [0.1, 0.15) is 18.0 Å². The summed E-state index contributed by atoms with van der Waals surface area (Å²) in [6.45, 7) is 1.94. The second kappa shape index (κ2) is 5.73. The Balaban J connectivity index is 2.12. The van der Waals surface area contributed by atoms with Gasteiger partial charge in [-0.3, -0.25) is 0 Å². The van der Waals surface area contributed by atoms with E-state index in [0.717, 1.165) is 17.7 Å². The van der Waals surface area contributed by atoms with Gasteiger partial charge in [0.2, 0.25) is 0 Å². The van der Waals surface area contributed by atoms with Gasteiger partial charge in [-0.1, -0.05) is 12.1 Å². The molecule has 1 fully saturated rings. The minimum atomic E-state index is -0.00994. The summed E-state index contributed by atoms with van der Waals surface area (Å²) in [5.41, 5.74) is 6.62. The molecule has 0 aromatic heterocycles. The van der Waals surface area contributed by atoms with Gasteiger partial charge in [-0.25, -0.2) is 4.79 Å². The summed E-state index contributed by atoms with van der Waals surface area (Å²) in [6.07, 6.45) is 0.820. The molecule has 2 rings (SSSR count). The maximum absolute atomic E-state index is 11.7. The summed E-state index contributed by atoms with van der Waals surface area (Å²) in [7, 11) is 1.64. The van der Waals surface area contributed by atoms with Crippen molar-refractivity contribution in [1.82, 2.24) is 10.2 Å². The zero-order valence-electron chi connectivity index (χ0n) is 10.6. The lowest BCUT2D eigenvalue weighted by molar-refractivity contribution is 0.203. The molecule has 0 aliphatic carbocycles. The first kappa shape index (κ1) is 12.7. The van der Waals surface area contributed by atoms with E-state index in [1.54, 1.807) is 7.11 Å². The molecule has 5 heteroatoms. The van der Waals surface area contributed by atoms with E-state index in [4.69, 9.17) is 10.5 Å². The van der Waals surface area contributed by atoms with Crippen molar-refractivity contribution in [3.63, 3.8) is 0 Å². The molecule has 1 atom stereocenters. The van der Waals surface area contributed by atoms with Crippen LogP contribution in [0.5, 0.6) is 5.75 Å². The maximum atomic E-state index is 11.7. The first-order chi connectivity index (χ1) is 8.76. The van der Waals surface area contributed by atoms with Crippen molar-refractivity contribution >= 4 is 6.03 Å². The molecule has 3 N–H and O–H groups in total. The van der Waals surface area contributed by atoms with E-state index in [1.807, 2.05) is 29.2 Å². The summed E-state index contributed by atoms with van der Waals surface area (Å²) < 4.78 is 5.13. The van der Waals surface area contributed by atoms with Crippen LogP contribution in [0.4, 0.5) is 4.79 Å². The fourth-order valence-corrected chi connectivity index (χ4v) is 2.18. The molecule has 98 valence electrons. The molecule has 1 aromatic rings. The summed E-state index contributed by atoms with van der Waals surface area (Å²) >= 11 is 0. The van der Waals surface area contributed by atoms with Crippen LogP contribution in [0.25, 0.3) is 0 Å². The molecule has 18 heavy (non-hydrogen) atoms. The van der Waals surface area contributed by atoms with Crippen molar-refractivity contribution in [2.75, 3.05) is 26.7 Å². The highest BCUT2D eigenvalue weighted by Crippen LogP contribution is 2.26. The van der Waals surface area contributed by atoms with Gasteiger partial charge < -0.3 is 20.7 Å². The molecule has 1 saturated heterocycles. The van der Waals surface area contributed by atoms with E-state index >= 15 is 0 Å². The molecule has 5 nitrogen and oxygen atoms in total. The number of nitrogens with two attached hydrogens (primary N) is 1. The number of carbonyl (C=O) groups is 1. The summed E-state index contributed by atoms with van der Waals surface area (Å²) in [5, 5.41) is 2.87. The Morgan fingerprint density at radius 1 is 1.44 bits per heavy atom. The zero-order valence-corrected chi connectivity index (χ0v) is 10.6. The van der Waals surface area contributed by atoms with Gasteiger partial charge in [0, 0.05) is 13.1 Å². The van der Waals surface area contributed by atoms with E-state index in [1.165, 1.54) is 0 Å². The lowest BCUT2D eigenvalue weighted by Crippen LogP contribution is -2.31. The van der Waals surface area contributed by atoms with Crippen LogP contribution >= 0.6 is 0 Å². The third-order valence-corrected chi connectivity index (χ3v) is 3.19. The predicted octanol–water partition coefficient (Wildman–Crippen LogP) is 1.11. The van der Waals surface area contributed by atoms with Crippen LogP contribution in [-0.4, -0.2) is 37.7 Å². The molecule has 0 radical (unpaired) electrons. The highest BCUT2D eigenvalue weighted by atomic mass is 16.5. The fraction of sp³-hybridized carbons (Fsp3) is 0.462. The van der Waals surface area contributed by atoms with Gasteiger partial charge in [-0.15, -0.1) is 0 Å². The van der Waals surface area contributed by atoms with Gasteiger partial charge >= 0.3 is 6.03 Å². The van der Waals surface area contributed by atoms with E-state index in [-0.39, 0.29) is 12.1 Å². The number of carbonyl (C=O) groups excluding carboxylic acids is 1. The van der Waals surface area contributed by atoms with Crippen molar-refractivity contribution in [1.29, 1.82) is 0 Å². The van der Waals surface area contributed by atoms with Gasteiger partial charge in [0.25, 0.3) is 0 Å². The average Bonchev–Trinajstić information content (AvgIpc) is 2.78. The average molecular weight is 249 g/mol. The van der Waals surface area contributed by atoms with Crippen LogP contribution in [0.3, 0.4) is 0 Å². The predicted molar refractivity (Wildman–Crippen MR) is 69.5 cm³/mol. The Hall–Kier alpha value is -1.75. The highest BCUT2D eigenvalue weighted by Gasteiger charge is 2.30. The van der Waals surface area contributed by atoms with Gasteiger partial charge in [-0.05, 0) is 30.7 Å². The molecule has 0 saturated carbocycles. The van der Waals surface area contributed by atoms with E-state index in [0.29, 0.717) is 19.6 Å². The maximum Gasteiger partial charge on any atom is 0.318 e. The lowest BCUT2D eigenvalue weighted by atomic mass is 10.1. The van der Waals surface area contributed by atoms with Gasteiger partial charge in [-0.2, -0.15) is 0 Å². The molecule has 1 unspecified atom stereocenters. The smallest absolute Gasteiger partial charge is 0.318 e. The number of urea groups is 1. The standard InChI is InChI=1S/C13H19N3O2/c1-18-11-5-3-10(4-6-11)12-9-15-13(17)16(12)8-2-7-14/h3-6,12H,2,7-9,14H2,1H3,(H,15,17). The lowest BCUT2D eigenvalue weighted by Gasteiger charge is -2.23. The molecule has 0 bridgehead atoms. The summed E-state index contributed by atoms with van der Waals surface area (Å²) in [5.74, 6) is 0.824. The van der Waals surface area contributed by atoms with Crippen molar-refractivity contribution in [2.45, 2.75) is 12.5 Å². The molecular weight excluding hydrogens is 230 g/mol. The van der Waals surface area contributed by atoms with Gasteiger partial charge in [0.1, 0.15) is 5.75 Å². The normalized spacial score (nSPS) is 18.9. The number of hydrogen-bond acceptors (Lipinski definition) is 3. The third kappa shape index (κ3) is 2.56. The monoisotopic (exact) mass is 249 g/mol. The number of benzene rings is 1. The number of nitrogens with one attached hydrogen (secondary N) is 1. The number of hydrogen-bond donors (Lipinski definition) is 2. The molecular formula is C13H19N3O2. The van der Waals surface area contributed by atoms with Gasteiger partial charge in [0.05, 0.1) is 13.2 Å². The first-order valence-corrected chi connectivity index (χ1v) is 6.14. The highest BCUT2D eigenvalue weighted by molar-refractivity contribution is 5.77. The third-order valence-electron chi connectivity index (χ3n) is 3.19. The second-order valence-corrected chi connectivity index (χ2v) is 4.31. The van der Waals surface area contributed by atoms with Crippen molar-refractivity contribution < 1.29 is 9.53 Å². The number of ether oxygens (including phenoxy) is 1. The van der Waals surface area contributed by atoms with Crippen molar-refractivity contribution in [2.24, 2.45) is 5.73 Å². The largest absolute Gasteiger partial charge is 0.497 e. The Morgan fingerprint density at radius 2 is 2.17 bits per heavy atom. The zero-order chi connectivity index (χ0) is 13.0. The Kier molecular flexibility index (Phi) is 4.04. The van der Waals surface area contributed by atoms with E-state index in [2.05, 4.69) is 5.32 Å². The van der Waals surface area contributed by atoms with E-state index in [9.17, 15) is 4.79 Å². The topological polar surface area (TPSA) is 67.6 Å². The van der Waals surface area contributed by atoms with Gasteiger partial charge in [0.15, 0.2) is 0 Å². The van der Waals surface area contributed by atoms with Crippen molar-refractivity contribution in [3.05, 3.63) is 29.8 Å². The fourth-order valence-electron chi connectivity index (χ4n) is 2.18. The molecule has 0 spiro atoms. The van der Waals surface area contributed by atoms with Crippen LogP contribution in [0, 0.1) is 0 Å². The molecule has 1 aliphatic rings. The van der Waals surface area contributed by atoms with Crippen molar-refractivity contribution in [3.8, 4) is 5.75 Å². The van der Waals surface area contributed by atoms with Crippen LogP contribution in [-0.2, 0) is 0 Å². The first-order valence-electron chi connectivity index (χ1n) is 6.14. The van der Waals surface area contributed by atoms with Crippen LogP contribution < -0.4 is 15.8 Å². The second-order valence-electron chi connectivity index (χ2n) is 4.31. The Bertz CT molecular complexity index is 405. The van der Waals surface area contributed by atoms with E-state index < -0.39 is 0 Å². The number of nitrogens with zero attached hydrogens (tertiary/aromatic N) is 1. The Morgan fingerprint density at radius 3 is 2.78 bits per heavy atom. The number of methoxy groups -OCH3 is 1. The quantitative estimate of drug-likeness (QED) is 0.821. The Labute approximate surface area is 107 Å². The molecule has 2 amide bonds. The molecule has 1 heterocycles. The number of amides is 2. The van der Waals surface area contributed by atoms with Crippen LogP contribution in [0.2, 0.25) is 0 Å². The SMILES string of the molecule is COc1ccc(C2CNC(=O)N2CCCN)cc1. The number of rotatable bonds is 5. The summed E-state index contributed by atoms with van der Waals surface area (Å²) in [4.78, 5) is 13.6. The minimum Gasteiger partial charge on any atom is -0.497 e. The van der Waals surface area contributed by atoms with Crippen LogP contribution in [0.15, 0.2) is 24.3 Å². The molecule has 1 aromatic carbocycles. The molecule has 1 aliphatic heterocycles. The minimum absolute atomic E-state index is 0.00994.